The third-order valence-corrected chi connectivity index (χ3v) is 6.17. The van der Waals surface area contributed by atoms with Gasteiger partial charge in [0.2, 0.25) is 0 Å². The average molecular weight is 352 g/mol. The number of aromatic amines is 1. The number of amides is 1. The van der Waals surface area contributed by atoms with Crippen molar-refractivity contribution in [2.75, 3.05) is 19.7 Å². The summed E-state index contributed by atoms with van der Waals surface area (Å²) in [4.78, 5) is 15.3. The Morgan fingerprint density at radius 3 is 2.73 bits per heavy atom. The van der Waals surface area contributed by atoms with E-state index in [0.29, 0.717) is 23.6 Å². The molecule has 4 atom stereocenters. The first-order valence-electron chi connectivity index (χ1n) is 9.57. The predicted molar refractivity (Wildman–Crippen MR) is 97.7 cm³/mol. The van der Waals surface area contributed by atoms with Crippen LogP contribution in [0, 0.1) is 5.92 Å². The summed E-state index contributed by atoms with van der Waals surface area (Å²) in [6.07, 6.45) is 5.60. The molecule has 1 aromatic carbocycles. The second-order valence-electron chi connectivity index (χ2n) is 7.57. The van der Waals surface area contributed by atoms with Gasteiger partial charge in [-0.1, -0.05) is 12.1 Å². The Morgan fingerprint density at radius 1 is 1.19 bits per heavy atom. The minimum atomic E-state index is 0.0145. The summed E-state index contributed by atoms with van der Waals surface area (Å²) in [5.74, 6) is 0.481. The monoisotopic (exact) mass is 352 g/mol. The first-order chi connectivity index (χ1) is 12.8. The zero-order chi connectivity index (χ0) is 17.5. The zero-order valence-electron chi connectivity index (χ0n) is 14.7. The number of carbonyl (C=O) groups is 1. The summed E-state index contributed by atoms with van der Waals surface area (Å²) in [7, 11) is 0. The smallest absolute Gasteiger partial charge is 0.251 e. The van der Waals surface area contributed by atoms with Gasteiger partial charge in [-0.3, -0.25) is 14.8 Å². The topological polar surface area (TPSA) is 70.2 Å². The molecule has 6 heteroatoms. The van der Waals surface area contributed by atoms with Crippen LogP contribution in [0.4, 0.5) is 0 Å². The van der Waals surface area contributed by atoms with Gasteiger partial charge in [0.05, 0.1) is 23.9 Å². The standard InChI is InChI=1S/C20H24N4O2/c25-20(14-5-3-13(4-6-14)16-7-9-21-23-16)22-17-15-8-12-26-19(15)18(17)24-10-1-2-11-24/h3-7,9,15,17-19H,1-2,8,10-12H2,(H,21,23)(H,22,25)/t15-,17+,18-,19-/m1/s1. The van der Waals surface area contributed by atoms with Crippen LogP contribution in [0.3, 0.4) is 0 Å². The maximum Gasteiger partial charge on any atom is 0.251 e. The molecular weight excluding hydrogens is 328 g/mol. The molecule has 0 bridgehead atoms. The molecule has 0 unspecified atom stereocenters. The molecule has 1 aliphatic carbocycles. The van der Waals surface area contributed by atoms with E-state index in [1.807, 2.05) is 30.3 Å². The quantitative estimate of drug-likeness (QED) is 0.884. The maximum absolute atomic E-state index is 12.8. The maximum atomic E-state index is 12.8. The Labute approximate surface area is 152 Å². The van der Waals surface area contributed by atoms with Gasteiger partial charge in [-0.2, -0.15) is 5.10 Å². The van der Waals surface area contributed by atoms with E-state index in [0.717, 1.165) is 37.4 Å². The molecule has 2 aliphatic heterocycles. The Morgan fingerprint density at radius 2 is 2.00 bits per heavy atom. The van der Waals surface area contributed by atoms with Crippen LogP contribution < -0.4 is 5.32 Å². The van der Waals surface area contributed by atoms with Crippen molar-refractivity contribution in [2.24, 2.45) is 5.92 Å². The van der Waals surface area contributed by atoms with Crippen LogP contribution in [0.5, 0.6) is 0 Å². The Kier molecular flexibility index (Phi) is 4.02. The number of hydrogen-bond donors (Lipinski definition) is 2. The lowest BCUT2D eigenvalue weighted by molar-refractivity contribution is -0.0747. The molecule has 1 aromatic heterocycles. The van der Waals surface area contributed by atoms with Crippen LogP contribution in [-0.4, -0.2) is 58.9 Å². The van der Waals surface area contributed by atoms with E-state index in [9.17, 15) is 4.79 Å². The second-order valence-corrected chi connectivity index (χ2v) is 7.57. The highest BCUT2D eigenvalue weighted by atomic mass is 16.5. The number of hydrogen-bond acceptors (Lipinski definition) is 4. The summed E-state index contributed by atoms with van der Waals surface area (Å²) in [6, 6.07) is 10.2. The van der Waals surface area contributed by atoms with Gasteiger partial charge in [0.1, 0.15) is 0 Å². The Bertz CT molecular complexity index is 763. The predicted octanol–water partition coefficient (Wildman–Crippen LogP) is 2.06. The molecule has 0 radical (unpaired) electrons. The number of benzene rings is 1. The fraction of sp³-hybridized carbons (Fsp3) is 0.500. The second kappa shape index (κ2) is 6.52. The number of rotatable bonds is 4. The number of H-pyrrole nitrogens is 1. The van der Waals surface area contributed by atoms with Gasteiger partial charge in [-0.25, -0.2) is 0 Å². The fourth-order valence-corrected chi connectivity index (χ4v) is 4.80. The molecule has 3 aliphatic rings. The third-order valence-electron chi connectivity index (χ3n) is 6.17. The highest BCUT2D eigenvalue weighted by Gasteiger charge is 2.56. The summed E-state index contributed by atoms with van der Waals surface area (Å²) < 4.78 is 5.95. The van der Waals surface area contributed by atoms with Crippen molar-refractivity contribution in [3.05, 3.63) is 42.1 Å². The van der Waals surface area contributed by atoms with Crippen LogP contribution in [0.1, 0.15) is 29.6 Å². The lowest BCUT2D eigenvalue weighted by Crippen LogP contribution is -2.70. The largest absolute Gasteiger partial charge is 0.376 e. The Balaban J connectivity index is 1.29. The first-order valence-corrected chi connectivity index (χ1v) is 9.57. The van der Waals surface area contributed by atoms with Crippen LogP contribution in [0.15, 0.2) is 36.5 Å². The minimum Gasteiger partial charge on any atom is -0.376 e. The number of likely N-dealkylation sites (tertiary alicyclic amines) is 1. The summed E-state index contributed by atoms with van der Waals surface area (Å²) in [5.41, 5.74) is 2.69. The summed E-state index contributed by atoms with van der Waals surface area (Å²) in [5, 5.41) is 10.2. The molecule has 0 spiro atoms. The zero-order valence-corrected chi connectivity index (χ0v) is 14.7. The van der Waals surface area contributed by atoms with Crippen molar-refractivity contribution >= 4 is 5.91 Å². The highest BCUT2D eigenvalue weighted by Crippen LogP contribution is 2.43. The highest BCUT2D eigenvalue weighted by molar-refractivity contribution is 5.95. The van der Waals surface area contributed by atoms with E-state index in [-0.39, 0.29) is 11.9 Å². The molecule has 2 aromatic rings. The van der Waals surface area contributed by atoms with Crippen LogP contribution in [0.25, 0.3) is 11.3 Å². The fourth-order valence-electron chi connectivity index (χ4n) is 4.80. The van der Waals surface area contributed by atoms with Gasteiger partial charge >= 0.3 is 0 Å². The van der Waals surface area contributed by atoms with Crippen molar-refractivity contribution in [2.45, 2.75) is 37.5 Å². The van der Waals surface area contributed by atoms with Crippen molar-refractivity contribution in [3.8, 4) is 11.3 Å². The van der Waals surface area contributed by atoms with Crippen molar-refractivity contribution < 1.29 is 9.53 Å². The van der Waals surface area contributed by atoms with E-state index in [2.05, 4.69) is 20.4 Å². The molecule has 2 N–H and O–H groups in total. The van der Waals surface area contributed by atoms with Gasteiger partial charge in [-0.15, -0.1) is 0 Å². The average Bonchev–Trinajstić information content (AvgIpc) is 3.42. The van der Waals surface area contributed by atoms with Crippen molar-refractivity contribution in [3.63, 3.8) is 0 Å². The van der Waals surface area contributed by atoms with E-state index in [4.69, 9.17) is 4.74 Å². The normalized spacial score (nSPS) is 30.8. The summed E-state index contributed by atoms with van der Waals surface area (Å²) >= 11 is 0. The van der Waals surface area contributed by atoms with Crippen LogP contribution >= 0.6 is 0 Å². The molecule has 1 saturated carbocycles. The SMILES string of the molecule is O=C(N[C@H]1[C@H]2CCO[C@H]2[C@@H]1N1CCCC1)c1ccc(-c2ccn[nH]2)cc1. The third kappa shape index (κ3) is 2.64. The van der Waals surface area contributed by atoms with E-state index in [1.54, 1.807) is 6.20 Å². The number of ether oxygens (including phenoxy) is 1. The molecule has 3 heterocycles. The van der Waals surface area contributed by atoms with E-state index >= 15 is 0 Å². The van der Waals surface area contributed by atoms with Gasteiger partial charge in [0, 0.05) is 24.3 Å². The van der Waals surface area contributed by atoms with Crippen LogP contribution in [0.2, 0.25) is 0 Å². The van der Waals surface area contributed by atoms with Gasteiger partial charge < -0.3 is 10.1 Å². The Hall–Kier alpha value is -2.18. The lowest BCUT2D eigenvalue weighted by atomic mass is 9.70. The number of nitrogens with one attached hydrogen (secondary N) is 2. The molecule has 6 nitrogen and oxygen atoms in total. The van der Waals surface area contributed by atoms with Crippen molar-refractivity contribution in [1.82, 2.24) is 20.4 Å². The number of nitrogens with zero attached hydrogens (tertiary/aromatic N) is 2. The minimum absolute atomic E-state index is 0.0145. The molecule has 136 valence electrons. The lowest BCUT2D eigenvalue weighted by Gasteiger charge is -2.51. The van der Waals surface area contributed by atoms with E-state index < -0.39 is 0 Å². The molecule has 1 amide bonds. The summed E-state index contributed by atoms with van der Waals surface area (Å²) in [6.45, 7) is 3.08. The van der Waals surface area contributed by atoms with Gasteiger partial charge in [0.15, 0.2) is 0 Å². The number of carbonyl (C=O) groups excluding carboxylic acids is 1. The molecule has 26 heavy (non-hydrogen) atoms. The van der Waals surface area contributed by atoms with Gasteiger partial charge in [-0.05, 0) is 56.1 Å². The van der Waals surface area contributed by atoms with E-state index in [1.165, 1.54) is 12.8 Å². The molecular formula is C20H24N4O2. The number of fused-ring (bicyclic) bond motifs is 1. The van der Waals surface area contributed by atoms with Crippen LogP contribution in [-0.2, 0) is 4.74 Å². The molecule has 2 saturated heterocycles. The number of aromatic nitrogens is 2. The molecule has 3 fully saturated rings. The molecule has 5 rings (SSSR count). The first kappa shape index (κ1) is 16.0. The van der Waals surface area contributed by atoms with Crippen molar-refractivity contribution in [1.29, 1.82) is 0 Å². The van der Waals surface area contributed by atoms with Gasteiger partial charge in [0.25, 0.3) is 5.91 Å².